The first-order chi connectivity index (χ1) is 7.47. The molecule has 0 N–H and O–H groups in total. The summed E-state index contributed by atoms with van der Waals surface area (Å²) >= 11 is 0. The highest BCUT2D eigenvalue weighted by molar-refractivity contribution is 5.27. The zero-order valence-electron chi connectivity index (χ0n) is 10.1. The summed E-state index contributed by atoms with van der Waals surface area (Å²) in [6.07, 6.45) is 5.32. The van der Waals surface area contributed by atoms with Gasteiger partial charge in [-0.3, -0.25) is 4.57 Å². The van der Waals surface area contributed by atoms with Crippen molar-refractivity contribution in [1.29, 1.82) is 0 Å². The molecule has 16 heavy (non-hydrogen) atoms. The predicted octanol–water partition coefficient (Wildman–Crippen LogP) is 2.27. The smallest absolute Gasteiger partial charge is 0.141 e. The first-order valence-electron chi connectivity index (χ1n) is 5.30. The molecule has 0 radical (unpaired) electrons. The Balaban J connectivity index is 2.44. The highest BCUT2D eigenvalue weighted by Crippen LogP contribution is 2.20. The van der Waals surface area contributed by atoms with E-state index in [0.29, 0.717) is 0 Å². The zero-order valence-corrected chi connectivity index (χ0v) is 10.1. The molecule has 2 aromatic heterocycles. The van der Waals surface area contributed by atoms with Gasteiger partial charge in [0.25, 0.3) is 0 Å². The normalized spacial score (nSPS) is 11.8. The maximum atomic E-state index is 4.30. The molecular weight excluding hydrogens is 200 g/mol. The number of hydrogen-bond acceptors (Lipinski definition) is 3. The van der Waals surface area contributed by atoms with Gasteiger partial charge in [-0.2, -0.15) is 0 Å². The standard InChI is InChI=1S/C12H16N4/c1-9-6-16(8-15-9)11-5-10(12(2,3)4)13-7-14-11/h5-8H,1-4H3. The minimum absolute atomic E-state index is 0.0350. The lowest BCUT2D eigenvalue weighted by Crippen LogP contribution is -2.14. The second-order valence-electron chi connectivity index (χ2n) is 4.93. The van der Waals surface area contributed by atoms with E-state index in [1.54, 1.807) is 12.7 Å². The van der Waals surface area contributed by atoms with Crippen molar-refractivity contribution in [3.05, 3.63) is 36.3 Å². The first kappa shape index (κ1) is 10.8. The summed E-state index contributed by atoms with van der Waals surface area (Å²) in [6, 6.07) is 2.00. The second-order valence-corrected chi connectivity index (χ2v) is 4.93. The van der Waals surface area contributed by atoms with E-state index in [1.807, 2.05) is 23.8 Å². The third kappa shape index (κ3) is 2.10. The molecule has 0 bridgehead atoms. The molecule has 2 heterocycles. The van der Waals surface area contributed by atoms with Crippen molar-refractivity contribution in [3.63, 3.8) is 0 Å². The molecule has 0 spiro atoms. The molecule has 0 aliphatic rings. The van der Waals surface area contributed by atoms with E-state index >= 15 is 0 Å². The third-order valence-corrected chi connectivity index (χ3v) is 2.40. The summed E-state index contributed by atoms with van der Waals surface area (Å²) in [5.41, 5.74) is 2.05. The van der Waals surface area contributed by atoms with Crippen LogP contribution in [0.15, 0.2) is 24.9 Å². The van der Waals surface area contributed by atoms with Gasteiger partial charge in [-0.05, 0) is 6.92 Å². The van der Waals surface area contributed by atoms with Crippen LogP contribution in [0.3, 0.4) is 0 Å². The van der Waals surface area contributed by atoms with E-state index in [4.69, 9.17) is 0 Å². The van der Waals surface area contributed by atoms with Crippen molar-refractivity contribution in [3.8, 4) is 5.82 Å². The number of aryl methyl sites for hydroxylation is 1. The Morgan fingerprint density at radius 2 is 1.88 bits per heavy atom. The van der Waals surface area contributed by atoms with Crippen molar-refractivity contribution in [2.75, 3.05) is 0 Å². The van der Waals surface area contributed by atoms with Crippen LogP contribution in [0.5, 0.6) is 0 Å². The Bertz CT molecular complexity index is 494. The lowest BCUT2D eigenvalue weighted by molar-refractivity contribution is 0.566. The fraction of sp³-hybridized carbons (Fsp3) is 0.417. The molecule has 0 amide bonds. The van der Waals surface area contributed by atoms with Crippen LogP contribution in [-0.2, 0) is 5.41 Å². The molecule has 0 unspecified atom stereocenters. The maximum absolute atomic E-state index is 4.30. The van der Waals surface area contributed by atoms with E-state index < -0.39 is 0 Å². The van der Waals surface area contributed by atoms with Crippen LogP contribution in [0.4, 0.5) is 0 Å². The van der Waals surface area contributed by atoms with Crippen molar-refractivity contribution in [2.45, 2.75) is 33.1 Å². The highest BCUT2D eigenvalue weighted by Gasteiger charge is 2.16. The lowest BCUT2D eigenvalue weighted by atomic mass is 9.92. The van der Waals surface area contributed by atoms with Crippen molar-refractivity contribution in [2.24, 2.45) is 0 Å². The molecule has 0 atom stereocenters. The largest absolute Gasteiger partial charge is 0.290 e. The SMILES string of the molecule is Cc1cn(-c2cc(C(C)(C)C)ncn2)cn1. The van der Waals surface area contributed by atoms with Gasteiger partial charge in [0.15, 0.2) is 0 Å². The van der Waals surface area contributed by atoms with Crippen LogP contribution in [0.25, 0.3) is 5.82 Å². The van der Waals surface area contributed by atoms with E-state index in [1.165, 1.54) is 0 Å². The molecule has 0 aromatic carbocycles. The summed E-state index contributed by atoms with van der Waals surface area (Å²) in [7, 11) is 0. The average molecular weight is 216 g/mol. The zero-order chi connectivity index (χ0) is 11.8. The molecule has 0 aliphatic carbocycles. The van der Waals surface area contributed by atoms with Gasteiger partial charge in [-0.1, -0.05) is 20.8 Å². The summed E-state index contributed by atoms with van der Waals surface area (Å²) in [5, 5.41) is 0. The molecule has 84 valence electrons. The number of imidazole rings is 1. The minimum Gasteiger partial charge on any atom is -0.290 e. The van der Waals surface area contributed by atoms with Crippen LogP contribution in [0, 0.1) is 6.92 Å². The van der Waals surface area contributed by atoms with Gasteiger partial charge < -0.3 is 0 Å². The minimum atomic E-state index is 0.0350. The molecule has 4 heteroatoms. The Hall–Kier alpha value is -1.71. The average Bonchev–Trinajstić information content (AvgIpc) is 2.64. The summed E-state index contributed by atoms with van der Waals surface area (Å²) < 4.78 is 1.91. The summed E-state index contributed by atoms with van der Waals surface area (Å²) in [4.78, 5) is 12.7. The van der Waals surface area contributed by atoms with Crippen LogP contribution < -0.4 is 0 Å². The van der Waals surface area contributed by atoms with E-state index in [2.05, 4.69) is 35.7 Å². The van der Waals surface area contributed by atoms with Crippen LogP contribution in [0.1, 0.15) is 32.2 Å². The lowest BCUT2D eigenvalue weighted by Gasteiger charge is -2.17. The van der Waals surface area contributed by atoms with Gasteiger partial charge in [-0.25, -0.2) is 15.0 Å². The first-order valence-corrected chi connectivity index (χ1v) is 5.30. The van der Waals surface area contributed by atoms with Crippen LogP contribution >= 0.6 is 0 Å². The summed E-state index contributed by atoms with van der Waals surface area (Å²) in [5.74, 6) is 0.862. The second kappa shape index (κ2) is 3.70. The van der Waals surface area contributed by atoms with Gasteiger partial charge in [0.2, 0.25) is 0 Å². The van der Waals surface area contributed by atoms with Crippen molar-refractivity contribution >= 4 is 0 Å². The molecule has 2 aromatic rings. The van der Waals surface area contributed by atoms with Gasteiger partial charge in [0.05, 0.1) is 11.4 Å². The van der Waals surface area contributed by atoms with Gasteiger partial charge in [0, 0.05) is 17.7 Å². The maximum Gasteiger partial charge on any atom is 0.141 e. The molecule has 2 rings (SSSR count). The number of hydrogen-bond donors (Lipinski definition) is 0. The fourth-order valence-electron chi connectivity index (χ4n) is 1.44. The predicted molar refractivity (Wildman–Crippen MR) is 62.6 cm³/mol. The fourth-order valence-corrected chi connectivity index (χ4v) is 1.44. The van der Waals surface area contributed by atoms with E-state index in [-0.39, 0.29) is 5.41 Å². The monoisotopic (exact) mass is 216 g/mol. The highest BCUT2D eigenvalue weighted by atomic mass is 15.1. The molecule has 0 saturated carbocycles. The number of aromatic nitrogens is 4. The third-order valence-electron chi connectivity index (χ3n) is 2.40. The molecule has 0 saturated heterocycles. The Labute approximate surface area is 95.4 Å². The van der Waals surface area contributed by atoms with Crippen LogP contribution in [-0.4, -0.2) is 19.5 Å². The van der Waals surface area contributed by atoms with E-state index in [0.717, 1.165) is 17.2 Å². The van der Waals surface area contributed by atoms with Gasteiger partial charge >= 0.3 is 0 Å². The van der Waals surface area contributed by atoms with E-state index in [9.17, 15) is 0 Å². The molecule has 0 fully saturated rings. The molecule has 4 nitrogen and oxygen atoms in total. The Morgan fingerprint density at radius 1 is 1.12 bits per heavy atom. The van der Waals surface area contributed by atoms with Crippen LogP contribution in [0.2, 0.25) is 0 Å². The summed E-state index contributed by atoms with van der Waals surface area (Å²) in [6.45, 7) is 8.37. The topological polar surface area (TPSA) is 43.6 Å². The van der Waals surface area contributed by atoms with Gasteiger partial charge in [0.1, 0.15) is 18.5 Å². The quantitative estimate of drug-likeness (QED) is 0.734. The van der Waals surface area contributed by atoms with Crippen molar-refractivity contribution in [1.82, 2.24) is 19.5 Å². The molecular formula is C12H16N4. The van der Waals surface area contributed by atoms with Gasteiger partial charge in [-0.15, -0.1) is 0 Å². The molecule has 0 aliphatic heterocycles. The number of rotatable bonds is 1. The van der Waals surface area contributed by atoms with Crippen molar-refractivity contribution < 1.29 is 0 Å². The number of nitrogens with zero attached hydrogens (tertiary/aromatic N) is 4. The Kier molecular flexibility index (Phi) is 2.50. The Morgan fingerprint density at radius 3 is 2.44 bits per heavy atom.